The van der Waals surface area contributed by atoms with Gasteiger partial charge in [0.15, 0.2) is 11.7 Å². The molecule has 186 valence electrons. The normalized spacial score (nSPS) is 14.2. The summed E-state index contributed by atoms with van der Waals surface area (Å²) in [5.41, 5.74) is 4.62. The van der Waals surface area contributed by atoms with Gasteiger partial charge in [-0.3, -0.25) is 14.3 Å². The van der Waals surface area contributed by atoms with Gasteiger partial charge in [0.2, 0.25) is 0 Å². The van der Waals surface area contributed by atoms with Crippen LogP contribution in [0.25, 0.3) is 17.0 Å². The highest BCUT2D eigenvalue weighted by Gasteiger charge is 2.16. The van der Waals surface area contributed by atoms with Crippen molar-refractivity contribution in [2.45, 2.75) is 19.9 Å². The molecule has 0 spiro atoms. The predicted molar refractivity (Wildman–Crippen MR) is 139 cm³/mol. The minimum atomic E-state index is -0.191. The first-order valence-electron chi connectivity index (χ1n) is 11.9. The van der Waals surface area contributed by atoms with Gasteiger partial charge < -0.3 is 13.9 Å². The lowest BCUT2D eigenvalue weighted by molar-refractivity contribution is 0.0342. The predicted octanol–water partition coefficient (Wildman–Crippen LogP) is 4.89. The first-order valence-corrected chi connectivity index (χ1v) is 12.3. The van der Waals surface area contributed by atoms with E-state index in [0.717, 1.165) is 47.6 Å². The molecule has 8 heteroatoms. The lowest BCUT2D eigenvalue weighted by Gasteiger charge is -2.27. The molecule has 2 aromatic carbocycles. The summed E-state index contributed by atoms with van der Waals surface area (Å²) in [6.07, 6.45) is 2.28. The van der Waals surface area contributed by atoms with Crippen LogP contribution in [-0.2, 0) is 17.7 Å². The number of methoxy groups -OCH3 is 1. The van der Waals surface area contributed by atoms with Gasteiger partial charge in [-0.15, -0.1) is 0 Å². The van der Waals surface area contributed by atoms with Gasteiger partial charge in [-0.1, -0.05) is 23.7 Å². The fourth-order valence-corrected chi connectivity index (χ4v) is 4.68. The van der Waals surface area contributed by atoms with Gasteiger partial charge in [0.25, 0.3) is 5.56 Å². The van der Waals surface area contributed by atoms with E-state index in [4.69, 9.17) is 25.5 Å². The number of ether oxygens (including phenoxy) is 2. The Kier molecular flexibility index (Phi) is 7.23. The molecule has 1 fully saturated rings. The number of hydrogen-bond donors (Lipinski definition) is 0. The number of hydrogen-bond acceptors (Lipinski definition) is 6. The number of oxazole rings is 1. The number of aromatic nitrogens is 2. The largest absolute Gasteiger partial charge is 0.497 e. The van der Waals surface area contributed by atoms with Gasteiger partial charge in [0, 0.05) is 37.7 Å². The topological polar surface area (TPSA) is 69.7 Å². The summed E-state index contributed by atoms with van der Waals surface area (Å²) in [5.74, 6) is 2.04. The van der Waals surface area contributed by atoms with E-state index in [1.54, 1.807) is 25.4 Å². The number of rotatable bonds is 7. The van der Waals surface area contributed by atoms with E-state index in [0.29, 0.717) is 42.1 Å². The van der Waals surface area contributed by atoms with E-state index in [9.17, 15) is 4.79 Å². The van der Waals surface area contributed by atoms with E-state index in [1.807, 2.05) is 30.3 Å². The minimum absolute atomic E-state index is 0.191. The van der Waals surface area contributed by atoms with Gasteiger partial charge in [-0.2, -0.15) is 0 Å². The smallest absolute Gasteiger partial charge is 0.256 e. The van der Waals surface area contributed by atoms with E-state index in [2.05, 4.69) is 22.9 Å². The van der Waals surface area contributed by atoms with Gasteiger partial charge in [-0.05, 0) is 60.0 Å². The molecule has 0 saturated carbocycles. The van der Waals surface area contributed by atoms with Crippen LogP contribution in [-0.4, -0.2) is 47.9 Å². The summed E-state index contributed by atoms with van der Waals surface area (Å²) in [4.78, 5) is 19.6. The Hall–Kier alpha value is -3.39. The molecule has 0 amide bonds. The number of pyridine rings is 1. The maximum atomic E-state index is 12.7. The molecule has 1 saturated heterocycles. The van der Waals surface area contributed by atoms with Crippen LogP contribution in [0.5, 0.6) is 5.75 Å². The molecule has 3 heterocycles. The fraction of sp³-hybridized carbons (Fsp3) is 0.286. The van der Waals surface area contributed by atoms with E-state index < -0.39 is 0 Å². The molecule has 2 aromatic heterocycles. The molecule has 0 N–H and O–H groups in total. The average Bonchev–Trinajstić information content (AvgIpc) is 3.34. The first kappa shape index (κ1) is 24.3. The Morgan fingerprint density at radius 1 is 1.08 bits per heavy atom. The molecule has 0 aliphatic carbocycles. The average molecular weight is 506 g/mol. The summed E-state index contributed by atoms with van der Waals surface area (Å²) in [6, 6.07) is 16.8. The fourth-order valence-electron chi connectivity index (χ4n) is 4.42. The van der Waals surface area contributed by atoms with Crippen LogP contribution in [0.4, 0.5) is 0 Å². The Labute approximate surface area is 214 Å². The molecular weight excluding hydrogens is 478 g/mol. The second-order valence-corrected chi connectivity index (χ2v) is 9.27. The van der Waals surface area contributed by atoms with Gasteiger partial charge in [0.1, 0.15) is 10.9 Å². The third kappa shape index (κ3) is 5.38. The van der Waals surface area contributed by atoms with Crippen molar-refractivity contribution in [3.8, 4) is 22.8 Å². The third-order valence-corrected chi connectivity index (χ3v) is 6.68. The summed E-state index contributed by atoms with van der Waals surface area (Å²) in [6.45, 7) is 5.93. The first-order chi connectivity index (χ1) is 17.5. The number of morpholine rings is 1. The Morgan fingerprint density at radius 3 is 2.69 bits per heavy atom. The summed E-state index contributed by atoms with van der Waals surface area (Å²) < 4.78 is 18.6. The van der Waals surface area contributed by atoms with Crippen LogP contribution < -0.4 is 10.3 Å². The summed E-state index contributed by atoms with van der Waals surface area (Å²) >= 11 is 6.43. The molecule has 1 aliphatic heterocycles. The monoisotopic (exact) mass is 505 g/mol. The Balaban J connectivity index is 1.51. The van der Waals surface area contributed by atoms with Crippen molar-refractivity contribution in [2.75, 3.05) is 33.4 Å². The van der Waals surface area contributed by atoms with Gasteiger partial charge in [0.05, 0.1) is 32.2 Å². The standard InChI is InChI=1S/C28H28ClN3O4/c1-19-6-7-24(34-2)15-21(19)16-27-30-17-25(36-27)22-12-20(18-31-8-10-35-11-9-31)13-23(14-22)32-26(29)4-3-5-28(32)33/h3-7,12-15,17H,8-11,16,18H2,1-2H3. The Morgan fingerprint density at radius 2 is 1.92 bits per heavy atom. The van der Waals surface area contributed by atoms with Crippen molar-refractivity contribution < 1.29 is 13.9 Å². The van der Waals surface area contributed by atoms with E-state index in [-0.39, 0.29) is 5.56 Å². The second kappa shape index (κ2) is 10.7. The van der Waals surface area contributed by atoms with Crippen LogP contribution in [0, 0.1) is 6.92 Å². The molecule has 4 aromatic rings. The van der Waals surface area contributed by atoms with Crippen LogP contribution in [0.2, 0.25) is 5.15 Å². The molecule has 5 rings (SSSR count). The van der Waals surface area contributed by atoms with Gasteiger partial charge in [-0.25, -0.2) is 4.98 Å². The highest BCUT2D eigenvalue weighted by atomic mass is 35.5. The maximum absolute atomic E-state index is 12.7. The quantitative estimate of drug-likeness (QED) is 0.333. The summed E-state index contributed by atoms with van der Waals surface area (Å²) in [7, 11) is 1.66. The summed E-state index contributed by atoms with van der Waals surface area (Å²) in [5, 5.41) is 0.351. The number of benzene rings is 2. The lowest BCUT2D eigenvalue weighted by Crippen LogP contribution is -2.35. The zero-order valence-corrected chi connectivity index (χ0v) is 21.1. The Bertz CT molecular complexity index is 1420. The number of nitrogens with zero attached hydrogens (tertiary/aromatic N) is 3. The SMILES string of the molecule is COc1ccc(C)c(Cc2ncc(-c3cc(CN4CCOCC4)cc(-n4c(Cl)cccc4=O)c3)o2)c1. The van der Waals surface area contributed by atoms with Crippen molar-refractivity contribution in [1.82, 2.24) is 14.5 Å². The van der Waals surface area contributed by atoms with E-state index in [1.165, 1.54) is 10.6 Å². The molecule has 0 radical (unpaired) electrons. The number of halogens is 1. The second-order valence-electron chi connectivity index (χ2n) is 8.89. The highest BCUT2D eigenvalue weighted by Crippen LogP contribution is 2.28. The minimum Gasteiger partial charge on any atom is -0.497 e. The maximum Gasteiger partial charge on any atom is 0.256 e. The highest BCUT2D eigenvalue weighted by molar-refractivity contribution is 6.29. The van der Waals surface area contributed by atoms with Crippen molar-refractivity contribution in [3.63, 3.8) is 0 Å². The van der Waals surface area contributed by atoms with Crippen LogP contribution in [0.15, 0.2) is 70.0 Å². The van der Waals surface area contributed by atoms with Crippen LogP contribution in [0.1, 0.15) is 22.6 Å². The zero-order chi connectivity index (χ0) is 25.1. The van der Waals surface area contributed by atoms with Crippen molar-refractivity contribution >= 4 is 11.6 Å². The zero-order valence-electron chi connectivity index (χ0n) is 20.4. The third-order valence-electron chi connectivity index (χ3n) is 6.39. The van der Waals surface area contributed by atoms with Gasteiger partial charge >= 0.3 is 0 Å². The number of aryl methyl sites for hydroxylation is 1. The molecule has 36 heavy (non-hydrogen) atoms. The molecule has 7 nitrogen and oxygen atoms in total. The lowest BCUT2D eigenvalue weighted by atomic mass is 10.1. The molecule has 1 aliphatic rings. The van der Waals surface area contributed by atoms with Crippen molar-refractivity contribution in [3.05, 3.63) is 98.9 Å². The molecule has 0 atom stereocenters. The molecule has 0 bridgehead atoms. The molecule has 0 unspecified atom stereocenters. The van der Waals surface area contributed by atoms with Crippen LogP contribution >= 0.6 is 11.6 Å². The molecular formula is C28H28ClN3O4. The van der Waals surface area contributed by atoms with E-state index >= 15 is 0 Å². The van der Waals surface area contributed by atoms with Crippen molar-refractivity contribution in [1.29, 1.82) is 0 Å². The van der Waals surface area contributed by atoms with Crippen molar-refractivity contribution in [2.24, 2.45) is 0 Å². The van der Waals surface area contributed by atoms with Crippen LogP contribution in [0.3, 0.4) is 0 Å².